The van der Waals surface area contributed by atoms with E-state index < -0.39 is 5.54 Å². The van der Waals surface area contributed by atoms with E-state index in [9.17, 15) is 4.79 Å². The number of ketones is 1. The van der Waals surface area contributed by atoms with Gasteiger partial charge >= 0.3 is 0 Å². The van der Waals surface area contributed by atoms with E-state index in [-0.39, 0.29) is 5.78 Å². The molecule has 100 valence electrons. The Balaban J connectivity index is 2.75. The summed E-state index contributed by atoms with van der Waals surface area (Å²) in [5, 5.41) is 0. The zero-order chi connectivity index (χ0) is 13.6. The molecule has 3 heteroatoms. The van der Waals surface area contributed by atoms with Crippen molar-refractivity contribution in [2.24, 2.45) is 5.73 Å². The van der Waals surface area contributed by atoms with Crippen LogP contribution in [0.2, 0.25) is 0 Å². The number of nitrogens with two attached hydrogens (primary N) is 1. The number of Topliss-reactive ketones (excluding diaryl/α,β-unsaturated/α-hetero) is 1. The van der Waals surface area contributed by atoms with E-state index >= 15 is 0 Å². The van der Waals surface area contributed by atoms with Crippen LogP contribution in [0.4, 0.5) is 0 Å². The van der Waals surface area contributed by atoms with Crippen molar-refractivity contribution in [1.29, 1.82) is 0 Å². The maximum absolute atomic E-state index is 12.2. The van der Waals surface area contributed by atoms with Crippen LogP contribution >= 0.6 is 0 Å². The second kappa shape index (κ2) is 6.55. The SMILES string of the molecule is CCCOc1ccc(C(=O)C(C)(N)CCC)cc1. The number of ether oxygens (including phenoxy) is 1. The summed E-state index contributed by atoms with van der Waals surface area (Å²) >= 11 is 0. The van der Waals surface area contributed by atoms with E-state index in [2.05, 4.69) is 6.92 Å². The van der Waals surface area contributed by atoms with E-state index in [0.29, 0.717) is 18.6 Å². The molecule has 0 bridgehead atoms. The lowest BCUT2D eigenvalue weighted by Gasteiger charge is -2.22. The molecule has 1 aromatic rings. The first-order valence-corrected chi connectivity index (χ1v) is 6.57. The number of hydrogen-bond donors (Lipinski definition) is 1. The minimum atomic E-state index is -0.777. The number of rotatable bonds is 7. The van der Waals surface area contributed by atoms with Crippen LogP contribution in [-0.2, 0) is 0 Å². The maximum Gasteiger partial charge on any atom is 0.182 e. The maximum atomic E-state index is 12.2. The average Bonchev–Trinajstić information content (AvgIpc) is 2.36. The Morgan fingerprint density at radius 3 is 2.33 bits per heavy atom. The van der Waals surface area contributed by atoms with Crippen LogP contribution in [0.3, 0.4) is 0 Å². The van der Waals surface area contributed by atoms with Gasteiger partial charge in [0.25, 0.3) is 0 Å². The van der Waals surface area contributed by atoms with Crippen LogP contribution in [0.15, 0.2) is 24.3 Å². The van der Waals surface area contributed by atoms with Gasteiger partial charge in [0, 0.05) is 5.56 Å². The molecule has 0 fully saturated rings. The zero-order valence-corrected chi connectivity index (χ0v) is 11.5. The van der Waals surface area contributed by atoms with Gasteiger partial charge in [-0.2, -0.15) is 0 Å². The van der Waals surface area contributed by atoms with Crippen LogP contribution in [0.5, 0.6) is 5.75 Å². The van der Waals surface area contributed by atoms with Crippen molar-refractivity contribution in [3.05, 3.63) is 29.8 Å². The summed E-state index contributed by atoms with van der Waals surface area (Å²) in [5.74, 6) is 0.786. The molecular formula is C15H23NO2. The van der Waals surface area contributed by atoms with Crippen LogP contribution in [0.1, 0.15) is 50.4 Å². The van der Waals surface area contributed by atoms with Crippen molar-refractivity contribution in [3.8, 4) is 5.75 Å². The highest BCUT2D eigenvalue weighted by molar-refractivity contribution is 6.02. The quantitative estimate of drug-likeness (QED) is 0.755. The molecule has 0 radical (unpaired) electrons. The molecule has 0 aliphatic carbocycles. The van der Waals surface area contributed by atoms with Gasteiger partial charge in [-0.25, -0.2) is 0 Å². The third-order valence-corrected chi connectivity index (χ3v) is 2.88. The fourth-order valence-corrected chi connectivity index (χ4v) is 1.89. The molecule has 0 heterocycles. The van der Waals surface area contributed by atoms with Crippen LogP contribution in [-0.4, -0.2) is 17.9 Å². The Morgan fingerprint density at radius 1 is 1.22 bits per heavy atom. The van der Waals surface area contributed by atoms with Crippen molar-refractivity contribution in [2.75, 3.05) is 6.61 Å². The van der Waals surface area contributed by atoms with E-state index in [4.69, 9.17) is 10.5 Å². The van der Waals surface area contributed by atoms with Crippen LogP contribution < -0.4 is 10.5 Å². The van der Waals surface area contributed by atoms with Gasteiger partial charge in [0.05, 0.1) is 12.1 Å². The number of carbonyl (C=O) groups excluding carboxylic acids is 1. The Bertz CT molecular complexity index is 382. The molecule has 0 aromatic heterocycles. The molecule has 0 saturated heterocycles. The van der Waals surface area contributed by atoms with E-state index in [1.807, 2.05) is 19.1 Å². The molecule has 1 aromatic carbocycles. The topological polar surface area (TPSA) is 52.3 Å². The fourth-order valence-electron chi connectivity index (χ4n) is 1.89. The van der Waals surface area contributed by atoms with Crippen molar-refractivity contribution in [3.63, 3.8) is 0 Å². The number of hydrogen-bond acceptors (Lipinski definition) is 3. The minimum Gasteiger partial charge on any atom is -0.494 e. The zero-order valence-electron chi connectivity index (χ0n) is 11.5. The number of carbonyl (C=O) groups is 1. The standard InChI is InChI=1S/C15H23NO2/c1-4-10-15(3,16)14(17)12-6-8-13(9-7-12)18-11-5-2/h6-9H,4-5,10-11,16H2,1-3H3. The molecule has 0 saturated carbocycles. The van der Waals surface area contributed by atoms with Crippen molar-refractivity contribution in [2.45, 2.75) is 45.6 Å². The summed E-state index contributed by atoms with van der Waals surface area (Å²) in [6, 6.07) is 7.22. The average molecular weight is 249 g/mol. The van der Waals surface area contributed by atoms with Crippen molar-refractivity contribution < 1.29 is 9.53 Å². The Morgan fingerprint density at radius 2 is 1.83 bits per heavy atom. The smallest absolute Gasteiger partial charge is 0.182 e. The van der Waals surface area contributed by atoms with Gasteiger partial charge < -0.3 is 10.5 Å². The van der Waals surface area contributed by atoms with Gasteiger partial charge in [-0.1, -0.05) is 20.3 Å². The summed E-state index contributed by atoms with van der Waals surface area (Å²) in [4.78, 5) is 12.2. The summed E-state index contributed by atoms with van der Waals surface area (Å²) in [7, 11) is 0. The molecule has 3 nitrogen and oxygen atoms in total. The highest BCUT2D eigenvalue weighted by atomic mass is 16.5. The molecule has 0 spiro atoms. The van der Waals surface area contributed by atoms with Gasteiger partial charge in [0.15, 0.2) is 5.78 Å². The van der Waals surface area contributed by atoms with Crippen LogP contribution in [0.25, 0.3) is 0 Å². The lowest BCUT2D eigenvalue weighted by molar-refractivity contribution is 0.0893. The molecule has 18 heavy (non-hydrogen) atoms. The molecule has 2 N–H and O–H groups in total. The lowest BCUT2D eigenvalue weighted by Crippen LogP contribution is -2.44. The van der Waals surface area contributed by atoms with Crippen molar-refractivity contribution in [1.82, 2.24) is 0 Å². The lowest BCUT2D eigenvalue weighted by atomic mass is 9.88. The minimum absolute atomic E-state index is 0.00797. The normalized spacial score (nSPS) is 14.0. The summed E-state index contributed by atoms with van der Waals surface area (Å²) in [6.07, 6.45) is 2.56. The monoisotopic (exact) mass is 249 g/mol. The first-order chi connectivity index (χ1) is 8.51. The van der Waals surface area contributed by atoms with Gasteiger partial charge in [-0.05, 0) is 44.0 Å². The largest absolute Gasteiger partial charge is 0.494 e. The first-order valence-electron chi connectivity index (χ1n) is 6.57. The van der Waals surface area contributed by atoms with E-state index in [0.717, 1.165) is 18.6 Å². The summed E-state index contributed by atoms with van der Waals surface area (Å²) < 4.78 is 5.48. The van der Waals surface area contributed by atoms with Crippen LogP contribution in [0, 0.1) is 0 Å². The fraction of sp³-hybridized carbons (Fsp3) is 0.533. The summed E-state index contributed by atoms with van der Waals surface area (Å²) in [5.41, 5.74) is 5.91. The molecule has 0 amide bonds. The Kier molecular flexibility index (Phi) is 5.35. The number of benzene rings is 1. The van der Waals surface area contributed by atoms with Gasteiger partial charge in [-0.3, -0.25) is 4.79 Å². The third kappa shape index (κ3) is 3.84. The summed E-state index contributed by atoms with van der Waals surface area (Å²) in [6.45, 7) is 6.57. The van der Waals surface area contributed by atoms with E-state index in [1.54, 1.807) is 19.1 Å². The van der Waals surface area contributed by atoms with Gasteiger partial charge in [-0.15, -0.1) is 0 Å². The van der Waals surface area contributed by atoms with E-state index in [1.165, 1.54) is 0 Å². The Hall–Kier alpha value is -1.35. The predicted molar refractivity (Wildman–Crippen MR) is 74.1 cm³/mol. The highest BCUT2D eigenvalue weighted by Gasteiger charge is 2.27. The van der Waals surface area contributed by atoms with Gasteiger partial charge in [0.2, 0.25) is 0 Å². The first kappa shape index (κ1) is 14.7. The predicted octanol–water partition coefficient (Wildman–Crippen LogP) is 3.18. The molecular weight excluding hydrogens is 226 g/mol. The highest BCUT2D eigenvalue weighted by Crippen LogP contribution is 2.19. The van der Waals surface area contributed by atoms with Crippen molar-refractivity contribution >= 4 is 5.78 Å². The molecule has 0 aliphatic rings. The Labute approximate surface area is 109 Å². The molecule has 0 aliphatic heterocycles. The molecule has 1 atom stereocenters. The second-order valence-corrected chi connectivity index (χ2v) is 4.87. The van der Waals surface area contributed by atoms with Gasteiger partial charge in [0.1, 0.15) is 5.75 Å². The molecule has 1 rings (SSSR count). The molecule has 1 unspecified atom stereocenters. The third-order valence-electron chi connectivity index (χ3n) is 2.88. The second-order valence-electron chi connectivity index (χ2n) is 4.87.